The van der Waals surface area contributed by atoms with Crippen LogP contribution in [0.15, 0.2) is 35.9 Å². The lowest BCUT2D eigenvalue weighted by molar-refractivity contribution is -0.151. The van der Waals surface area contributed by atoms with Crippen LogP contribution in [0.5, 0.6) is 5.75 Å². The molecule has 12 heteroatoms. The van der Waals surface area contributed by atoms with Crippen LogP contribution < -0.4 is 15.0 Å². The summed E-state index contributed by atoms with van der Waals surface area (Å²) in [7, 11) is 4.54. The molecule has 11 nitrogen and oxygen atoms in total. The summed E-state index contributed by atoms with van der Waals surface area (Å²) in [5.74, 6) is -0.951. The zero-order valence-corrected chi connectivity index (χ0v) is 25.7. The van der Waals surface area contributed by atoms with Gasteiger partial charge in [0.1, 0.15) is 34.7 Å². The van der Waals surface area contributed by atoms with Crippen molar-refractivity contribution in [2.24, 2.45) is 5.92 Å². The predicted octanol–water partition coefficient (Wildman–Crippen LogP) is 3.69. The number of nitrogens with one attached hydrogen (secondary N) is 1. The molecule has 0 aliphatic carbocycles. The summed E-state index contributed by atoms with van der Waals surface area (Å²) < 4.78 is 28.4. The number of fused-ring (bicyclic) bond motifs is 5. The van der Waals surface area contributed by atoms with Crippen LogP contribution in [0, 0.1) is 5.92 Å². The standard InChI is InChI=1S/C30H39ClN2O9/c1-16-9-8-10-23(39-7)30(37)15-22(41-28(36)32-30)17(2)27-29(4,42-27)24(40-18(3)34)14-25(35)33(5)20-12-19(11-16)13-21(38-6)26(20)31/h8-10,12-13,17,22-24,27,37H,11,14-15H2,1-7H3,(H,32,36)/t17-,22+,23-,24+,27?,29+,30+/m1/s1. The fraction of sp³-hybridized carbons (Fsp3) is 0.567. The third kappa shape index (κ3) is 6.44. The Morgan fingerprint density at radius 3 is 2.62 bits per heavy atom. The van der Waals surface area contributed by atoms with Gasteiger partial charge in [-0.3, -0.25) is 14.9 Å². The van der Waals surface area contributed by atoms with Crippen LogP contribution in [0.2, 0.25) is 5.02 Å². The monoisotopic (exact) mass is 606 g/mol. The Balaban J connectivity index is 1.79. The van der Waals surface area contributed by atoms with Gasteiger partial charge in [0, 0.05) is 33.4 Å². The van der Waals surface area contributed by atoms with Crippen LogP contribution in [0.4, 0.5) is 10.5 Å². The minimum absolute atomic E-state index is 0.00538. The van der Waals surface area contributed by atoms with E-state index in [1.165, 1.54) is 26.0 Å². The van der Waals surface area contributed by atoms with E-state index in [1.807, 2.05) is 26.0 Å². The predicted molar refractivity (Wildman–Crippen MR) is 154 cm³/mol. The van der Waals surface area contributed by atoms with Crippen molar-refractivity contribution in [3.05, 3.63) is 46.5 Å². The van der Waals surface area contributed by atoms with Crippen molar-refractivity contribution in [2.75, 3.05) is 26.2 Å². The number of amides is 2. The lowest BCUT2D eigenvalue weighted by atomic mass is 9.83. The van der Waals surface area contributed by atoms with Gasteiger partial charge >= 0.3 is 12.1 Å². The molecule has 4 rings (SSSR count). The van der Waals surface area contributed by atoms with Crippen LogP contribution in [0.25, 0.3) is 0 Å². The zero-order valence-electron chi connectivity index (χ0n) is 24.9. The number of alkyl carbamates (subject to hydrolysis) is 1. The summed E-state index contributed by atoms with van der Waals surface area (Å²) in [6.45, 7) is 6.77. The van der Waals surface area contributed by atoms with Crippen LogP contribution >= 0.6 is 11.6 Å². The molecule has 0 spiro atoms. The Hall–Kier alpha value is -3.12. The third-order valence-corrected chi connectivity index (χ3v) is 8.64. The molecule has 7 atom stereocenters. The van der Waals surface area contributed by atoms with Gasteiger partial charge in [0.25, 0.3) is 0 Å². The van der Waals surface area contributed by atoms with Crippen molar-refractivity contribution in [1.82, 2.24) is 5.32 Å². The maximum atomic E-state index is 13.6. The zero-order chi connectivity index (χ0) is 31.0. The highest BCUT2D eigenvalue weighted by molar-refractivity contribution is 6.35. The fourth-order valence-corrected chi connectivity index (χ4v) is 6.12. The van der Waals surface area contributed by atoms with Gasteiger partial charge in [-0.1, -0.05) is 42.3 Å². The van der Waals surface area contributed by atoms with Gasteiger partial charge in [-0.2, -0.15) is 0 Å². The summed E-state index contributed by atoms with van der Waals surface area (Å²) >= 11 is 6.64. The number of rotatable bonds is 3. The van der Waals surface area contributed by atoms with E-state index in [0.29, 0.717) is 17.9 Å². The molecule has 4 bridgehead atoms. The van der Waals surface area contributed by atoms with Gasteiger partial charge in [0.2, 0.25) is 5.91 Å². The van der Waals surface area contributed by atoms with Crippen molar-refractivity contribution in [3.8, 4) is 5.75 Å². The number of aliphatic hydroxyl groups is 1. The Morgan fingerprint density at radius 1 is 1.26 bits per heavy atom. The summed E-state index contributed by atoms with van der Waals surface area (Å²) in [5.41, 5.74) is -0.570. The van der Waals surface area contributed by atoms with Crippen molar-refractivity contribution in [3.63, 3.8) is 0 Å². The smallest absolute Gasteiger partial charge is 0.409 e. The number of nitrogens with zero attached hydrogens (tertiary/aromatic N) is 1. The molecule has 3 aliphatic heterocycles. The van der Waals surface area contributed by atoms with E-state index in [2.05, 4.69) is 5.32 Å². The molecule has 1 unspecified atom stereocenters. The molecule has 0 saturated carbocycles. The number of esters is 1. The molecular formula is C30H39ClN2O9. The van der Waals surface area contributed by atoms with E-state index in [4.69, 9.17) is 35.3 Å². The van der Waals surface area contributed by atoms with E-state index >= 15 is 0 Å². The molecule has 3 heterocycles. The average molecular weight is 607 g/mol. The van der Waals surface area contributed by atoms with E-state index in [1.54, 1.807) is 32.2 Å². The second-order valence-corrected chi connectivity index (χ2v) is 11.8. The first-order chi connectivity index (χ1) is 19.7. The minimum Gasteiger partial charge on any atom is -0.495 e. The molecule has 2 N–H and O–H groups in total. The summed E-state index contributed by atoms with van der Waals surface area (Å²) in [4.78, 5) is 39.7. The van der Waals surface area contributed by atoms with Crippen molar-refractivity contribution in [2.45, 2.75) is 82.7 Å². The molecule has 2 amide bonds. The van der Waals surface area contributed by atoms with Crippen LogP contribution in [0.3, 0.4) is 0 Å². The highest BCUT2D eigenvalue weighted by Gasteiger charge is 2.64. The maximum absolute atomic E-state index is 13.6. The minimum atomic E-state index is -1.76. The number of halogens is 1. The molecule has 2 saturated heterocycles. The van der Waals surface area contributed by atoms with Crippen LogP contribution in [-0.2, 0) is 35.0 Å². The molecule has 0 aromatic heterocycles. The molecule has 3 aliphatic rings. The maximum Gasteiger partial charge on any atom is 0.409 e. The third-order valence-electron chi connectivity index (χ3n) is 8.26. The van der Waals surface area contributed by atoms with Crippen molar-refractivity contribution < 1.29 is 43.2 Å². The van der Waals surface area contributed by atoms with Gasteiger partial charge in [-0.05, 0) is 38.0 Å². The number of allylic oxidation sites excluding steroid dienone is 3. The van der Waals surface area contributed by atoms with Gasteiger partial charge in [0.05, 0.1) is 25.3 Å². The van der Waals surface area contributed by atoms with Gasteiger partial charge < -0.3 is 33.7 Å². The highest BCUT2D eigenvalue weighted by atomic mass is 35.5. The number of hydrogen-bond donors (Lipinski definition) is 2. The van der Waals surface area contributed by atoms with Crippen molar-refractivity contribution >= 4 is 35.3 Å². The number of hydrogen-bond acceptors (Lipinski definition) is 9. The van der Waals surface area contributed by atoms with Gasteiger partial charge in [0.15, 0.2) is 5.72 Å². The van der Waals surface area contributed by atoms with E-state index < -0.39 is 53.7 Å². The quantitative estimate of drug-likeness (QED) is 0.390. The van der Waals surface area contributed by atoms with Crippen LogP contribution in [0.1, 0.15) is 46.1 Å². The largest absolute Gasteiger partial charge is 0.495 e. The normalized spacial score (nSPS) is 33.6. The molecule has 1 aromatic rings. The number of ether oxygens (including phenoxy) is 5. The van der Waals surface area contributed by atoms with E-state index in [-0.39, 0.29) is 23.8 Å². The molecular weight excluding hydrogens is 568 g/mol. The van der Waals surface area contributed by atoms with E-state index in [0.717, 1.165) is 11.1 Å². The Labute approximate surface area is 250 Å². The number of anilines is 1. The van der Waals surface area contributed by atoms with Gasteiger partial charge in [-0.15, -0.1) is 0 Å². The second kappa shape index (κ2) is 12.2. The molecule has 2 fully saturated rings. The topological polar surface area (TPSA) is 136 Å². The lowest BCUT2D eigenvalue weighted by Crippen LogP contribution is -2.63. The Bertz CT molecular complexity index is 1300. The summed E-state index contributed by atoms with van der Waals surface area (Å²) in [6, 6.07) is 3.62. The van der Waals surface area contributed by atoms with Gasteiger partial charge in [-0.25, -0.2) is 4.79 Å². The fourth-order valence-electron chi connectivity index (χ4n) is 5.81. The Kier molecular flexibility index (Phi) is 9.27. The summed E-state index contributed by atoms with van der Waals surface area (Å²) in [6.07, 6.45) is 1.67. The Morgan fingerprint density at radius 2 is 1.98 bits per heavy atom. The number of epoxide rings is 1. The van der Waals surface area contributed by atoms with E-state index in [9.17, 15) is 19.5 Å². The molecule has 42 heavy (non-hydrogen) atoms. The number of benzene rings is 1. The SMILES string of the molecule is COc1cc2cc(c1Cl)N(C)C(=O)C[C@H](OC(C)=O)[C@]1(C)OC1[C@H](C)[C@@H]1C[C@@](O)(NC(=O)O1)[C@H](OC)C=CC=C(C)C2. The second-order valence-electron chi connectivity index (χ2n) is 11.4. The first-order valence-electron chi connectivity index (χ1n) is 13.8. The summed E-state index contributed by atoms with van der Waals surface area (Å²) in [5, 5.41) is 14.3. The number of carbonyl (C=O) groups excluding carboxylic acids is 3. The highest BCUT2D eigenvalue weighted by Crippen LogP contribution is 2.49. The lowest BCUT2D eigenvalue weighted by Gasteiger charge is -2.42. The number of carbonyl (C=O) groups is 3. The molecule has 1 aromatic carbocycles. The number of methoxy groups -OCH3 is 2. The molecule has 230 valence electrons. The first-order valence-corrected chi connectivity index (χ1v) is 14.2. The van der Waals surface area contributed by atoms with Crippen molar-refractivity contribution in [1.29, 1.82) is 0 Å². The van der Waals surface area contributed by atoms with Crippen LogP contribution in [-0.4, -0.2) is 80.1 Å². The average Bonchev–Trinajstić information content (AvgIpc) is 3.61. The first kappa shape index (κ1) is 31.8. The molecule has 0 radical (unpaired) electrons.